The number of hydrogen-bond acceptors (Lipinski definition) is 6. The Hall–Kier alpha value is -2.12. The van der Waals surface area contributed by atoms with Gasteiger partial charge in [0.15, 0.2) is 5.82 Å². The Balaban J connectivity index is 1.74. The maximum atomic E-state index is 5.74. The molecule has 0 bridgehead atoms. The van der Waals surface area contributed by atoms with Crippen molar-refractivity contribution in [3.05, 3.63) is 47.5 Å². The van der Waals surface area contributed by atoms with Gasteiger partial charge in [0.05, 0.1) is 22.5 Å². The zero-order valence-corrected chi connectivity index (χ0v) is 13.3. The van der Waals surface area contributed by atoms with E-state index in [2.05, 4.69) is 15.2 Å². The number of nitrogens with zero attached hydrogens (tertiary/aromatic N) is 4. The molecule has 7 heteroatoms. The summed E-state index contributed by atoms with van der Waals surface area (Å²) in [5, 5.41) is 8.26. The van der Waals surface area contributed by atoms with Gasteiger partial charge in [-0.05, 0) is 18.6 Å². The van der Waals surface area contributed by atoms with E-state index in [-0.39, 0.29) is 0 Å². The predicted molar refractivity (Wildman–Crippen MR) is 85.1 cm³/mol. The largest absolute Gasteiger partial charge is 0.334 e. The Labute approximate surface area is 132 Å². The molecule has 1 aromatic carbocycles. The SMILES string of the molecule is Cc1ccccc1-c1nc(CSc2cnn(C)c2CN)no1. The zero-order chi connectivity index (χ0) is 15.5. The molecule has 0 fully saturated rings. The molecule has 0 radical (unpaired) electrons. The van der Waals surface area contributed by atoms with Crippen LogP contribution in [0, 0.1) is 6.92 Å². The minimum Gasteiger partial charge on any atom is -0.334 e. The van der Waals surface area contributed by atoms with E-state index in [1.165, 1.54) is 0 Å². The maximum Gasteiger partial charge on any atom is 0.258 e. The molecule has 0 aliphatic carbocycles. The number of rotatable bonds is 5. The molecule has 0 saturated heterocycles. The Morgan fingerprint density at radius 1 is 1.32 bits per heavy atom. The van der Waals surface area contributed by atoms with Crippen molar-refractivity contribution in [2.24, 2.45) is 12.8 Å². The lowest BCUT2D eigenvalue weighted by Gasteiger charge is -2.01. The average Bonchev–Trinajstić information content (AvgIpc) is 3.12. The van der Waals surface area contributed by atoms with Gasteiger partial charge in [0.2, 0.25) is 0 Å². The first kappa shape index (κ1) is 14.8. The molecular formula is C15H17N5OS. The topological polar surface area (TPSA) is 82.8 Å². The van der Waals surface area contributed by atoms with Crippen LogP contribution in [-0.4, -0.2) is 19.9 Å². The zero-order valence-electron chi connectivity index (χ0n) is 12.5. The van der Waals surface area contributed by atoms with Gasteiger partial charge < -0.3 is 10.3 Å². The first-order chi connectivity index (χ1) is 10.7. The molecule has 22 heavy (non-hydrogen) atoms. The van der Waals surface area contributed by atoms with Crippen molar-refractivity contribution in [1.29, 1.82) is 0 Å². The van der Waals surface area contributed by atoms with Crippen LogP contribution in [0.2, 0.25) is 0 Å². The number of hydrogen-bond donors (Lipinski definition) is 1. The van der Waals surface area contributed by atoms with E-state index in [1.807, 2.05) is 44.4 Å². The third kappa shape index (κ3) is 2.90. The molecule has 0 spiro atoms. The van der Waals surface area contributed by atoms with Crippen molar-refractivity contribution in [3.63, 3.8) is 0 Å². The minimum absolute atomic E-state index is 0.458. The van der Waals surface area contributed by atoms with Crippen LogP contribution in [0.15, 0.2) is 39.9 Å². The fraction of sp³-hybridized carbons (Fsp3) is 0.267. The third-order valence-electron chi connectivity index (χ3n) is 3.42. The van der Waals surface area contributed by atoms with Crippen LogP contribution in [0.5, 0.6) is 0 Å². The fourth-order valence-electron chi connectivity index (χ4n) is 2.17. The van der Waals surface area contributed by atoms with E-state index < -0.39 is 0 Å². The summed E-state index contributed by atoms with van der Waals surface area (Å²) >= 11 is 1.61. The smallest absolute Gasteiger partial charge is 0.258 e. The van der Waals surface area contributed by atoms with Gasteiger partial charge in [-0.2, -0.15) is 10.1 Å². The van der Waals surface area contributed by atoms with Crippen molar-refractivity contribution in [3.8, 4) is 11.5 Å². The second-order valence-corrected chi connectivity index (χ2v) is 5.92. The van der Waals surface area contributed by atoms with Crippen molar-refractivity contribution in [2.75, 3.05) is 0 Å². The lowest BCUT2D eigenvalue weighted by molar-refractivity contribution is 0.425. The Kier molecular flexibility index (Phi) is 4.26. The highest BCUT2D eigenvalue weighted by Crippen LogP contribution is 2.26. The Morgan fingerprint density at radius 3 is 2.91 bits per heavy atom. The normalized spacial score (nSPS) is 11.0. The van der Waals surface area contributed by atoms with Gasteiger partial charge in [-0.1, -0.05) is 23.4 Å². The summed E-state index contributed by atoms with van der Waals surface area (Å²) in [6.45, 7) is 2.48. The number of nitrogens with two attached hydrogens (primary N) is 1. The molecule has 3 aromatic rings. The van der Waals surface area contributed by atoms with Gasteiger partial charge in [-0.15, -0.1) is 11.8 Å². The summed E-state index contributed by atoms with van der Waals surface area (Å²) in [5.74, 6) is 1.84. The van der Waals surface area contributed by atoms with E-state index in [9.17, 15) is 0 Å². The summed E-state index contributed by atoms with van der Waals surface area (Å²) in [4.78, 5) is 5.51. The van der Waals surface area contributed by atoms with E-state index in [1.54, 1.807) is 16.4 Å². The number of aromatic nitrogens is 4. The monoisotopic (exact) mass is 315 g/mol. The van der Waals surface area contributed by atoms with E-state index in [0.717, 1.165) is 21.7 Å². The van der Waals surface area contributed by atoms with Crippen molar-refractivity contribution < 1.29 is 4.52 Å². The maximum absolute atomic E-state index is 5.74. The van der Waals surface area contributed by atoms with Gasteiger partial charge in [0.1, 0.15) is 0 Å². The standard InChI is InChI=1S/C15H17N5OS/c1-10-5-3-4-6-11(10)15-18-14(19-21-15)9-22-13-8-17-20(2)12(13)7-16/h3-6,8H,7,9,16H2,1-2H3. The van der Waals surface area contributed by atoms with Crippen LogP contribution in [-0.2, 0) is 19.3 Å². The van der Waals surface area contributed by atoms with Crippen molar-refractivity contribution in [1.82, 2.24) is 19.9 Å². The molecule has 6 nitrogen and oxygen atoms in total. The molecule has 0 amide bonds. The minimum atomic E-state index is 0.458. The highest BCUT2D eigenvalue weighted by Gasteiger charge is 2.13. The van der Waals surface area contributed by atoms with Crippen LogP contribution in [0.4, 0.5) is 0 Å². The molecule has 0 aliphatic rings. The Morgan fingerprint density at radius 2 is 2.14 bits per heavy atom. The highest BCUT2D eigenvalue weighted by molar-refractivity contribution is 7.98. The van der Waals surface area contributed by atoms with Gasteiger partial charge in [0.25, 0.3) is 5.89 Å². The van der Waals surface area contributed by atoms with Crippen LogP contribution >= 0.6 is 11.8 Å². The summed E-state index contributed by atoms with van der Waals surface area (Å²) in [6, 6.07) is 7.96. The van der Waals surface area contributed by atoms with E-state index in [0.29, 0.717) is 24.0 Å². The fourth-order valence-corrected chi connectivity index (χ4v) is 3.08. The molecule has 0 saturated carbocycles. The third-order valence-corrected chi connectivity index (χ3v) is 4.47. The number of benzene rings is 1. The molecule has 2 N–H and O–H groups in total. The van der Waals surface area contributed by atoms with Gasteiger partial charge in [0, 0.05) is 19.2 Å². The van der Waals surface area contributed by atoms with Gasteiger partial charge in [-0.3, -0.25) is 4.68 Å². The quantitative estimate of drug-likeness (QED) is 0.729. The molecule has 2 heterocycles. The first-order valence-corrected chi connectivity index (χ1v) is 7.90. The number of thioether (sulfide) groups is 1. The lowest BCUT2D eigenvalue weighted by atomic mass is 10.1. The van der Waals surface area contributed by atoms with Crippen molar-refractivity contribution in [2.45, 2.75) is 24.1 Å². The van der Waals surface area contributed by atoms with Crippen LogP contribution in [0.1, 0.15) is 17.1 Å². The first-order valence-electron chi connectivity index (χ1n) is 6.91. The van der Waals surface area contributed by atoms with E-state index in [4.69, 9.17) is 10.3 Å². The van der Waals surface area contributed by atoms with Gasteiger partial charge in [-0.25, -0.2) is 0 Å². The molecule has 0 aliphatic heterocycles. The van der Waals surface area contributed by atoms with Gasteiger partial charge >= 0.3 is 0 Å². The summed E-state index contributed by atoms with van der Waals surface area (Å²) in [5.41, 5.74) is 8.83. The summed E-state index contributed by atoms with van der Waals surface area (Å²) < 4.78 is 7.15. The molecule has 3 rings (SSSR count). The summed E-state index contributed by atoms with van der Waals surface area (Å²) in [7, 11) is 1.89. The Bertz CT molecular complexity index is 780. The second kappa shape index (κ2) is 6.33. The highest BCUT2D eigenvalue weighted by atomic mass is 32.2. The average molecular weight is 315 g/mol. The molecule has 114 valence electrons. The van der Waals surface area contributed by atoms with Crippen LogP contribution in [0.3, 0.4) is 0 Å². The molecule has 2 aromatic heterocycles. The van der Waals surface area contributed by atoms with Crippen LogP contribution in [0.25, 0.3) is 11.5 Å². The van der Waals surface area contributed by atoms with E-state index >= 15 is 0 Å². The summed E-state index contributed by atoms with van der Waals surface area (Å²) in [6.07, 6.45) is 1.81. The predicted octanol–water partition coefficient (Wildman–Crippen LogP) is 2.53. The lowest BCUT2D eigenvalue weighted by Crippen LogP contribution is -2.05. The molecular weight excluding hydrogens is 298 g/mol. The molecule has 0 unspecified atom stereocenters. The second-order valence-electron chi connectivity index (χ2n) is 4.90. The number of aryl methyl sites for hydroxylation is 2. The molecule has 0 atom stereocenters. The van der Waals surface area contributed by atoms with Crippen LogP contribution < -0.4 is 5.73 Å². The van der Waals surface area contributed by atoms with Crippen molar-refractivity contribution >= 4 is 11.8 Å².